The number of nitro benzene ring substituents is 1. The number of hydrogen-bond acceptors (Lipinski definition) is 4. The van der Waals surface area contributed by atoms with Gasteiger partial charge in [0.25, 0.3) is 5.69 Å². The number of benzene rings is 2. The van der Waals surface area contributed by atoms with E-state index in [1.54, 1.807) is 30.3 Å². The highest BCUT2D eigenvalue weighted by Crippen LogP contribution is 2.28. The Labute approximate surface area is 137 Å². The molecule has 0 radical (unpaired) electrons. The minimum Gasteiger partial charge on any atom is -0.495 e. The van der Waals surface area contributed by atoms with E-state index in [0.29, 0.717) is 22.1 Å². The molecule has 2 aromatic carbocycles. The largest absolute Gasteiger partial charge is 0.495 e. The van der Waals surface area contributed by atoms with Crippen LogP contribution in [0.3, 0.4) is 0 Å². The molecule has 0 unspecified atom stereocenters. The normalized spacial score (nSPS) is 9.91. The van der Waals surface area contributed by atoms with Gasteiger partial charge in [0.1, 0.15) is 5.75 Å². The molecular weight excluding hydrogens is 326 g/mol. The number of nitrogens with one attached hydrogen (secondary N) is 2. The molecule has 2 N–H and O–H groups in total. The van der Waals surface area contributed by atoms with Crippen molar-refractivity contribution in [3.05, 3.63) is 57.6 Å². The van der Waals surface area contributed by atoms with Crippen LogP contribution in [0.5, 0.6) is 5.75 Å². The zero-order valence-electron chi connectivity index (χ0n) is 11.5. The van der Waals surface area contributed by atoms with Gasteiger partial charge in [-0.3, -0.25) is 10.1 Å². The van der Waals surface area contributed by atoms with Gasteiger partial charge < -0.3 is 15.4 Å². The fraction of sp³-hybridized carbons (Fsp3) is 0.0714. The summed E-state index contributed by atoms with van der Waals surface area (Å²) in [5, 5.41) is 17.4. The first-order valence-corrected chi connectivity index (χ1v) is 6.94. The van der Waals surface area contributed by atoms with Crippen molar-refractivity contribution in [2.24, 2.45) is 0 Å². The second-order valence-electron chi connectivity index (χ2n) is 4.23. The molecule has 0 amide bonds. The average molecular weight is 338 g/mol. The van der Waals surface area contributed by atoms with Crippen LogP contribution in [0, 0.1) is 10.1 Å². The topological polar surface area (TPSA) is 76.4 Å². The highest BCUT2D eigenvalue weighted by molar-refractivity contribution is 7.80. The van der Waals surface area contributed by atoms with Gasteiger partial charge in [0.15, 0.2) is 5.11 Å². The monoisotopic (exact) mass is 337 g/mol. The summed E-state index contributed by atoms with van der Waals surface area (Å²) >= 11 is 11.1. The van der Waals surface area contributed by atoms with E-state index in [2.05, 4.69) is 10.6 Å². The lowest BCUT2D eigenvalue weighted by atomic mass is 10.3. The molecule has 0 saturated carbocycles. The molecule has 6 nitrogen and oxygen atoms in total. The van der Waals surface area contributed by atoms with E-state index in [9.17, 15) is 10.1 Å². The predicted octanol–water partition coefficient (Wildman–Crippen LogP) is 4.07. The molecule has 22 heavy (non-hydrogen) atoms. The molecule has 8 heteroatoms. The summed E-state index contributed by atoms with van der Waals surface area (Å²) in [5.74, 6) is 0.576. The summed E-state index contributed by atoms with van der Waals surface area (Å²) in [6.07, 6.45) is 0. The van der Waals surface area contributed by atoms with E-state index in [1.807, 2.05) is 0 Å². The number of non-ortho nitro benzene ring substituents is 1. The summed E-state index contributed by atoms with van der Waals surface area (Å²) in [6, 6.07) is 11.1. The average Bonchev–Trinajstić information content (AvgIpc) is 2.47. The Morgan fingerprint density at radius 2 is 2.05 bits per heavy atom. The summed E-state index contributed by atoms with van der Waals surface area (Å²) < 4.78 is 5.20. The maximum atomic E-state index is 10.7. The fourth-order valence-corrected chi connectivity index (χ4v) is 2.16. The van der Waals surface area contributed by atoms with Crippen LogP contribution in [0.25, 0.3) is 0 Å². The highest BCUT2D eigenvalue weighted by Gasteiger charge is 2.09. The second-order valence-corrected chi connectivity index (χ2v) is 5.08. The smallest absolute Gasteiger partial charge is 0.271 e. The van der Waals surface area contributed by atoms with Gasteiger partial charge in [0.2, 0.25) is 0 Å². The molecule has 2 aromatic rings. The Hall–Kier alpha value is -2.38. The molecule has 0 aliphatic carbocycles. The molecule has 2 rings (SSSR count). The Morgan fingerprint density at radius 1 is 1.27 bits per heavy atom. The van der Waals surface area contributed by atoms with Gasteiger partial charge in [0.05, 0.1) is 17.7 Å². The van der Waals surface area contributed by atoms with Crippen LogP contribution in [0.1, 0.15) is 0 Å². The minimum absolute atomic E-state index is 0.0202. The van der Waals surface area contributed by atoms with Crippen molar-refractivity contribution < 1.29 is 9.66 Å². The van der Waals surface area contributed by atoms with E-state index in [1.165, 1.54) is 19.2 Å². The summed E-state index contributed by atoms with van der Waals surface area (Å²) in [7, 11) is 1.53. The van der Waals surface area contributed by atoms with Gasteiger partial charge in [-0.05, 0) is 36.5 Å². The molecule has 0 spiro atoms. The zero-order chi connectivity index (χ0) is 16.1. The van der Waals surface area contributed by atoms with Crippen LogP contribution in [-0.4, -0.2) is 17.1 Å². The number of nitrogens with zero attached hydrogens (tertiary/aromatic N) is 1. The van der Waals surface area contributed by atoms with Crippen molar-refractivity contribution in [3.63, 3.8) is 0 Å². The number of methoxy groups -OCH3 is 1. The number of ether oxygens (including phenoxy) is 1. The van der Waals surface area contributed by atoms with Gasteiger partial charge in [0, 0.05) is 22.8 Å². The van der Waals surface area contributed by atoms with Crippen LogP contribution >= 0.6 is 23.8 Å². The van der Waals surface area contributed by atoms with E-state index < -0.39 is 4.92 Å². The lowest BCUT2D eigenvalue weighted by molar-refractivity contribution is -0.384. The van der Waals surface area contributed by atoms with Crippen molar-refractivity contribution in [2.45, 2.75) is 0 Å². The highest BCUT2D eigenvalue weighted by atomic mass is 35.5. The molecule has 0 aromatic heterocycles. The van der Waals surface area contributed by atoms with E-state index in [0.717, 1.165) is 0 Å². The molecule has 0 bridgehead atoms. The first-order valence-electron chi connectivity index (χ1n) is 6.15. The Bertz CT molecular complexity index is 724. The van der Waals surface area contributed by atoms with Crippen molar-refractivity contribution in [2.75, 3.05) is 17.7 Å². The summed E-state index contributed by atoms with van der Waals surface area (Å²) in [4.78, 5) is 10.3. The quantitative estimate of drug-likeness (QED) is 0.497. The third-order valence-corrected chi connectivity index (χ3v) is 3.16. The second kappa shape index (κ2) is 7.06. The lowest BCUT2D eigenvalue weighted by Gasteiger charge is -2.13. The van der Waals surface area contributed by atoms with Crippen LogP contribution in [0.15, 0.2) is 42.5 Å². The van der Waals surface area contributed by atoms with Crippen molar-refractivity contribution in [3.8, 4) is 5.75 Å². The molecule has 0 atom stereocenters. The molecule has 0 fully saturated rings. The van der Waals surface area contributed by atoms with Crippen molar-refractivity contribution in [1.82, 2.24) is 0 Å². The lowest BCUT2D eigenvalue weighted by Crippen LogP contribution is -2.19. The van der Waals surface area contributed by atoms with Crippen LogP contribution in [-0.2, 0) is 0 Å². The maximum Gasteiger partial charge on any atom is 0.271 e. The first kappa shape index (κ1) is 16.0. The molecule has 0 aliphatic heterocycles. The van der Waals surface area contributed by atoms with Crippen molar-refractivity contribution >= 4 is 46.0 Å². The third kappa shape index (κ3) is 4.06. The number of nitro groups is 1. The SMILES string of the molecule is COc1ccc(Cl)cc1NC(=S)Nc1cccc([N+](=O)[O-])c1. The first-order chi connectivity index (χ1) is 10.5. The molecule has 114 valence electrons. The standard InChI is InChI=1S/C14H12ClN3O3S/c1-21-13-6-5-9(15)7-12(13)17-14(22)16-10-3-2-4-11(8-10)18(19)20/h2-8H,1H3,(H2,16,17,22). The molecule has 0 heterocycles. The molecule has 0 aliphatic rings. The Kier molecular flexibility index (Phi) is 5.13. The maximum absolute atomic E-state index is 10.7. The number of halogens is 1. The predicted molar refractivity (Wildman–Crippen MR) is 90.9 cm³/mol. The van der Waals surface area contributed by atoms with Gasteiger partial charge >= 0.3 is 0 Å². The summed E-state index contributed by atoms with van der Waals surface area (Å²) in [6.45, 7) is 0. The molecule has 0 saturated heterocycles. The van der Waals surface area contributed by atoms with E-state index >= 15 is 0 Å². The van der Waals surface area contributed by atoms with Crippen molar-refractivity contribution in [1.29, 1.82) is 0 Å². The minimum atomic E-state index is -0.471. The fourth-order valence-electron chi connectivity index (χ4n) is 1.76. The summed E-state index contributed by atoms with van der Waals surface area (Å²) in [5.41, 5.74) is 1.08. The third-order valence-electron chi connectivity index (χ3n) is 2.72. The van der Waals surface area contributed by atoms with Gasteiger partial charge in [-0.15, -0.1) is 0 Å². The number of rotatable bonds is 4. The van der Waals surface area contributed by atoms with E-state index in [-0.39, 0.29) is 10.8 Å². The number of thiocarbonyl (C=S) groups is 1. The number of hydrogen-bond donors (Lipinski definition) is 2. The Balaban J connectivity index is 2.12. The van der Waals surface area contributed by atoms with Crippen LogP contribution in [0.4, 0.5) is 17.1 Å². The molecular formula is C14H12ClN3O3S. The number of anilines is 2. The van der Waals surface area contributed by atoms with Gasteiger partial charge in [-0.25, -0.2) is 0 Å². The van der Waals surface area contributed by atoms with Gasteiger partial charge in [-0.2, -0.15) is 0 Å². The van der Waals surface area contributed by atoms with Crippen LogP contribution < -0.4 is 15.4 Å². The Morgan fingerprint density at radius 3 is 2.73 bits per heavy atom. The van der Waals surface area contributed by atoms with Crippen LogP contribution in [0.2, 0.25) is 5.02 Å². The van der Waals surface area contributed by atoms with Gasteiger partial charge in [-0.1, -0.05) is 17.7 Å². The van der Waals surface area contributed by atoms with E-state index in [4.69, 9.17) is 28.6 Å². The zero-order valence-corrected chi connectivity index (χ0v) is 13.1.